The van der Waals surface area contributed by atoms with Gasteiger partial charge in [0.25, 0.3) is 21.6 Å². The summed E-state index contributed by atoms with van der Waals surface area (Å²) in [6, 6.07) is 0. The van der Waals surface area contributed by atoms with Crippen LogP contribution in [-0.4, -0.2) is 14.8 Å². The summed E-state index contributed by atoms with van der Waals surface area (Å²) in [7, 11) is -8.06. The summed E-state index contributed by atoms with van der Waals surface area (Å²) >= 11 is 0. The van der Waals surface area contributed by atoms with Gasteiger partial charge in [-0.3, -0.25) is 0 Å². The molecule has 0 rings (SSSR count). The molecule has 0 aromatic carbocycles. The molecule has 0 unspecified atom stereocenters. The molecular formula is H4Cl3NaO10. The standard InChI is InChI=1S/2ClHO3.ClO3.Na.H2O/c3*2-1(3)4;;/h2*2H;;;1H2/q;;-1;+1;. The molecular weight excluding hydrogens is 289 g/mol. The molecule has 0 aromatic rings. The molecule has 10 nitrogen and oxygen atoms in total. The number of hydrogen-bond acceptors (Lipinski definition) is 9. The van der Waals surface area contributed by atoms with E-state index in [1.807, 2.05) is 0 Å². The van der Waals surface area contributed by atoms with Crippen LogP contribution >= 0.6 is 0 Å². The molecule has 0 radical (unpaired) electrons. The van der Waals surface area contributed by atoms with Gasteiger partial charge in [0.1, 0.15) is 0 Å². The first-order valence-electron chi connectivity index (χ1n) is 1.42. The van der Waals surface area contributed by atoms with Crippen molar-refractivity contribution in [2.75, 3.05) is 0 Å². The molecule has 0 bridgehead atoms. The molecule has 0 amide bonds. The van der Waals surface area contributed by atoms with Crippen LogP contribution in [0.1, 0.15) is 0 Å². The maximum absolute atomic E-state index is 8.52. The third-order valence-corrected chi connectivity index (χ3v) is 0. The Morgan fingerprint density at radius 2 is 0.643 bits per heavy atom. The third kappa shape index (κ3) is 969. The van der Waals surface area contributed by atoms with E-state index in [4.69, 9.17) is 41.9 Å². The summed E-state index contributed by atoms with van der Waals surface area (Å²) in [6.45, 7) is 0. The molecule has 0 aliphatic rings. The molecule has 0 atom stereocenters. The number of halogens is 3. The van der Waals surface area contributed by atoms with Gasteiger partial charge in [-0.2, -0.15) is 0 Å². The zero-order valence-electron chi connectivity index (χ0n) is 6.39. The van der Waals surface area contributed by atoms with Crippen molar-refractivity contribution in [3.05, 3.63) is 0 Å². The van der Waals surface area contributed by atoms with Gasteiger partial charge in [-0.15, -0.1) is 0 Å². The van der Waals surface area contributed by atoms with E-state index in [1.165, 1.54) is 0 Å². The largest absolute Gasteiger partial charge is 1.00 e. The van der Waals surface area contributed by atoms with Crippen molar-refractivity contribution in [2.45, 2.75) is 0 Å². The van der Waals surface area contributed by atoms with Crippen LogP contribution in [0.4, 0.5) is 0 Å². The monoisotopic (exact) mass is 292 g/mol. The average molecular weight is 293 g/mol. The molecule has 14 heavy (non-hydrogen) atoms. The maximum Gasteiger partial charge on any atom is 1.00 e. The fraction of sp³-hybridized carbons (Fsp3) is 0. The van der Waals surface area contributed by atoms with Crippen LogP contribution in [0.25, 0.3) is 0 Å². The molecule has 0 fully saturated rings. The maximum atomic E-state index is 8.52. The molecule has 0 aromatic heterocycles. The predicted molar refractivity (Wildman–Crippen MR) is 8.05 cm³/mol. The van der Waals surface area contributed by atoms with Gasteiger partial charge in [-0.1, -0.05) is 0 Å². The van der Waals surface area contributed by atoms with Gasteiger partial charge in [-0.05, 0) is 0 Å². The second-order valence-electron chi connectivity index (χ2n) is 0.591. The third-order valence-electron chi connectivity index (χ3n) is 0. The second-order valence-corrected chi connectivity index (χ2v) is 1.77. The Balaban J connectivity index is -0.0000000270. The summed E-state index contributed by atoms with van der Waals surface area (Å²) in [6.07, 6.45) is 0. The number of rotatable bonds is 0. The number of hydrogen-bond donors (Lipinski definition) is 2. The van der Waals surface area contributed by atoms with Crippen molar-refractivity contribution in [1.29, 1.82) is 0 Å². The smallest absolute Gasteiger partial charge is 0.412 e. The predicted octanol–water partition coefficient (Wildman–Crippen LogP) is -13.3. The van der Waals surface area contributed by atoms with Crippen molar-refractivity contribution in [3.63, 3.8) is 0 Å². The molecule has 14 heteroatoms. The van der Waals surface area contributed by atoms with Crippen molar-refractivity contribution >= 4 is 0 Å². The SMILES string of the molecule is O.[Na+].[O-][Cl+2]([O-])O.[O-][Cl+2]([O-])O.[O-][Cl+2]([O-])[O-]. The molecule has 0 aliphatic carbocycles. The van der Waals surface area contributed by atoms with Crippen LogP contribution in [0.5, 0.6) is 0 Å². The summed E-state index contributed by atoms with van der Waals surface area (Å²) in [5.74, 6) is 0. The second kappa shape index (κ2) is 24.0. The summed E-state index contributed by atoms with van der Waals surface area (Å²) in [4.78, 5) is 0. The van der Waals surface area contributed by atoms with E-state index in [2.05, 4.69) is 0 Å². The van der Waals surface area contributed by atoms with E-state index >= 15 is 0 Å². The quantitative estimate of drug-likeness (QED) is 0.402. The molecule has 0 saturated carbocycles. The zero-order valence-corrected chi connectivity index (χ0v) is 10.7. The van der Waals surface area contributed by atoms with Gasteiger partial charge in [0, 0.05) is 9.32 Å². The Hall–Kier alpha value is 1.47. The van der Waals surface area contributed by atoms with Crippen LogP contribution in [0.2, 0.25) is 0 Å². The molecule has 0 aliphatic heterocycles. The Bertz CT molecular complexity index is 43.9. The fourth-order valence-electron chi connectivity index (χ4n) is 0. The van der Waals surface area contributed by atoms with E-state index in [0.717, 1.165) is 0 Å². The van der Waals surface area contributed by atoms with Crippen LogP contribution in [0.15, 0.2) is 0 Å². The molecule has 0 saturated heterocycles. The molecule has 0 heterocycles. The minimum atomic E-state index is -2.85. The van der Waals surface area contributed by atoms with E-state index in [-0.39, 0.29) is 35.0 Å². The Morgan fingerprint density at radius 1 is 0.643 bits per heavy atom. The first-order chi connectivity index (χ1) is 5.20. The van der Waals surface area contributed by atoms with E-state index < -0.39 is 32.4 Å². The van der Waals surface area contributed by atoms with Gasteiger partial charge in [-0.25, -0.2) is 0 Å². The van der Waals surface area contributed by atoms with Crippen molar-refractivity contribution in [1.82, 2.24) is 0 Å². The minimum absolute atomic E-state index is 0. The van der Waals surface area contributed by atoms with Crippen molar-refractivity contribution < 1.29 is 109 Å². The summed E-state index contributed by atoms with van der Waals surface area (Å²) < 4.78 is 73.2. The fourth-order valence-corrected chi connectivity index (χ4v) is 0. The first-order valence-corrected chi connectivity index (χ1v) is 4.25. The minimum Gasteiger partial charge on any atom is -0.412 e. The average Bonchev–Trinajstić information content (AvgIpc) is 1.54. The topological polar surface area (TPSA) is 233 Å². The van der Waals surface area contributed by atoms with Crippen LogP contribution < -0.4 is 62.2 Å². The van der Waals surface area contributed by atoms with Crippen molar-refractivity contribution in [3.8, 4) is 0 Å². The van der Waals surface area contributed by atoms with Crippen LogP contribution in [0, 0.1) is 32.4 Å². The van der Waals surface area contributed by atoms with Crippen molar-refractivity contribution in [2.24, 2.45) is 0 Å². The van der Waals surface area contributed by atoms with Crippen LogP contribution in [0.3, 0.4) is 0 Å². The normalized spacial score (nSPS) is 7.71. The Labute approximate surface area is 109 Å². The molecule has 0 spiro atoms. The van der Waals surface area contributed by atoms with Crippen LogP contribution in [-0.2, 0) is 0 Å². The van der Waals surface area contributed by atoms with Gasteiger partial charge < -0.3 is 38.1 Å². The van der Waals surface area contributed by atoms with Gasteiger partial charge in [0.05, 0.1) is 10.8 Å². The van der Waals surface area contributed by atoms with E-state index in [9.17, 15) is 0 Å². The Morgan fingerprint density at radius 3 is 0.643 bits per heavy atom. The first kappa shape index (κ1) is 29.5. The summed E-state index contributed by atoms with van der Waals surface area (Å²) in [5.41, 5.74) is 0. The molecule has 86 valence electrons. The van der Waals surface area contributed by atoms with E-state index in [0.29, 0.717) is 0 Å². The van der Waals surface area contributed by atoms with Gasteiger partial charge >= 0.3 is 29.6 Å². The Kier molecular flexibility index (Phi) is 50.5. The molecule has 4 N–H and O–H groups in total. The van der Waals surface area contributed by atoms with E-state index in [1.54, 1.807) is 0 Å². The van der Waals surface area contributed by atoms with Gasteiger partial charge in [0.2, 0.25) is 0 Å². The summed E-state index contributed by atoms with van der Waals surface area (Å²) in [5, 5.41) is 0. The van der Waals surface area contributed by atoms with Gasteiger partial charge in [0.15, 0.2) is 0 Å². The zero-order chi connectivity index (χ0) is 10.7.